The summed E-state index contributed by atoms with van der Waals surface area (Å²) in [7, 11) is 0. The molecule has 0 spiro atoms. The number of likely N-dealkylation sites (tertiary alicyclic amines) is 1. The van der Waals surface area contributed by atoms with E-state index >= 15 is 0 Å². The quantitative estimate of drug-likeness (QED) is 0.932. The van der Waals surface area contributed by atoms with Gasteiger partial charge >= 0.3 is 0 Å². The lowest BCUT2D eigenvalue weighted by Crippen LogP contribution is -2.38. The van der Waals surface area contributed by atoms with Crippen molar-refractivity contribution in [2.75, 3.05) is 6.54 Å². The van der Waals surface area contributed by atoms with Crippen molar-refractivity contribution in [3.8, 4) is 0 Å². The number of aromatic amines is 1. The molecule has 1 amide bonds. The van der Waals surface area contributed by atoms with E-state index in [4.69, 9.17) is 0 Å². The predicted octanol–water partition coefficient (Wildman–Crippen LogP) is 1.89. The molecular formula is C17H23N5O2. The van der Waals surface area contributed by atoms with Gasteiger partial charge in [-0.05, 0) is 52.2 Å². The number of hydrogen-bond acceptors (Lipinski definition) is 4. The third-order valence-electron chi connectivity index (χ3n) is 4.66. The molecule has 24 heavy (non-hydrogen) atoms. The van der Waals surface area contributed by atoms with Gasteiger partial charge in [-0.3, -0.25) is 14.7 Å². The maximum Gasteiger partial charge on any atom is 0.263 e. The van der Waals surface area contributed by atoms with Crippen molar-refractivity contribution in [1.82, 2.24) is 24.6 Å². The second-order valence-electron chi connectivity index (χ2n) is 6.33. The first kappa shape index (κ1) is 16.4. The summed E-state index contributed by atoms with van der Waals surface area (Å²) in [6.45, 7) is 8.63. The van der Waals surface area contributed by atoms with Gasteiger partial charge < -0.3 is 9.47 Å². The van der Waals surface area contributed by atoms with E-state index < -0.39 is 0 Å². The number of carbonyl (C=O) groups is 1. The maximum atomic E-state index is 13.1. The zero-order valence-corrected chi connectivity index (χ0v) is 14.6. The van der Waals surface area contributed by atoms with Crippen LogP contribution in [0.3, 0.4) is 0 Å². The summed E-state index contributed by atoms with van der Waals surface area (Å²) in [5.41, 5.74) is 1.65. The van der Waals surface area contributed by atoms with Crippen molar-refractivity contribution in [3.63, 3.8) is 0 Å². The van der Waals surface area contributed by atoms with Crippen LogP contribution in [-0.2, 0) is 6.54 Å². The Balaban J connectivity index is 2.01. The number of aryl methyl sites for hydroxylation is 3. The molecule has 1 N–H and O–H groups in total. The molecule has 1 saturated heterocycles. The van der Waals surface area contributed by atoms with Gasteiger partial charge in [0, 0.05) is 18.8 Å². The lowest BCUT2D eigenvalue weighted by molar-refractivity contribution is 0.0726. The van der Waals surface area contributed by atoms with Crippen LogP contribution in [0.25, 0.3) is 0 Å². The van der Waals surface area contributed by atoms with Gasteiger partial charge in [-0.15, -0.1) is 0 Å². The molecule has 3 rings (SSSR count). The van der Waals surface area contributed by atoms with E-state index in [1.165, 1.54) is 0 Å². The summed E-state index contributed by atoms with van der Waals surface area (Å²) in [5, 5.41) is 7.03. The molecule has 7 heteroatoms. The molecule has 0 saturated carbocycles. The Kier molecular flexibility index (Phi) is 4.26. The second-order valence-corrected chi connectivity index (χ2v) is 6.33. The van der Waals surface area contributed by atoms with Crippen molar-refractivity contribution < 1.29 is 4.79 Å². The highest BCUT2D eigenvalue weighted by Gasteiger charge is 2.35. The third-order valence-corrected chi connectivity index (χ3v) is 4.66. The molecule has 2 aromatic heterocycles. The number of amides is 1. The number of aromatic nitrogens is 4. The molecule has 1 unspecified atom stereocenters. The Morgan fingerprint density at radius 1 is 1.38 bits per heavy atom. The fourth-order valence-electron chi connectivity index (χ4n) is 3.51. The van der Waals surface area contributed by atoms with Crippen LogP contribution in [0, 0.1) is 20.8 Å². The van der Waals surface area contributed by atoms with Crippen molar-refractivity contribution in [3.05, 3.63) is 44.9 Å². The summed E-state index contributed by atoms with van der Waals surface area (Å²) in [4.78, 5) is 32.0. The highest BCUT2D eigenvalue weighted by atomic mass is 16.2. The van der Waals surface area contributed by atoms with Crippen LogP contribution in [0.4, 0.5) is 0 Å². The fraction of sp³-hybridized carbons (Fsp3) is 0.529. The summed E-state index contributed by atoms with van der Waals surface area (Å²) in [5.74, 6) is 1.13. The molecule has 7 nitrogen and oxygen atoms in total. The molecule has 3 heterocycles. The molecule has 2 aromatic rings. The maximum absolute atomic E-state index is 13.1. The van der Waals surface area contributed by atoms with Gasteiger partial charge in [0.25, 0.3) is 11.5 Å². The highest BCUT2D eigenvalue weighted by Crippen LogP contribution is 2.31. The molecule has 128 valence electrons. The Labute approximate surface area is 140 Å². The number of carbonyl (C=O) groups excluding carboxylic acids is 1. The molecule has 1 atom stereocenters. The van der Waals surface area contributed by atoms with Gasteiger partial charge in [0.05, 0.1) is 6.04 Å². The van der Waals surface area contributed by atoms with Crippen LogP contribution in [0.15, 0.2) is 10.9 Å². The molecule has 0 bridgehead atoms. The van der Waals surface area contributed by atoms with Crippen LogP contribution in [0.1, 0.15) is 59.1 Å². The third kappa shape index (κ3) is 2.64. The number of H-pyrrole nitrogens is 1. The smallest absolute Gasteiger partial charge is 0.263 e. The van der Waals surface area contributed by atoms with Crippen LogP contribution >= 0.6 is 0 Å². The minimum atomic E-state index is -0.218. The lowest BCUT2D eigenvalue weighted by Gasteiger charge is -2.23. The topological polar surface area (TPSA) is 83.9 Å². The monoisotopic (exact) mass is 329 g/mol. The van der Waals surface area contributed by atoms with Crippen molar-refractivity contribution >= 4 is 5.91 Å². The zero-order chi connectivity index (χ0) is 17.4. The molecule has 0 aromatic carbocycles. The standard InChI is InChI=1S/C17H23N5O2/c1-5-21-11(3)9-10(2)14(16(21)23)17(24)22-8-6-7-13(22)15-18-12(4)19-20-15/h9,13H,5-8H2,1-4H3,(H,18,19,20). The number of hydrogen-bond donors (Lipinski definition) is 1. The molecule has 0 aliphatic carbocycles. The predicted molar refractivity (Wildman–Crippen MR) is 90.0 cm³/mol. The van der Waals surface area contributed by atoms with Crippen molar-refractivity contribution in [2.45, 2.75) is 53.1 Å². The van der Waals surface area contributed by atoms with E-state index in [-0.39, 0.29) is 23.1 Å². The minimum Gasteiger partial charge on any atom is -0.328 e. The largest absolute Gasteiger partial charge is 0.328 e. The number of pyridine rings is 1. The molecule has 1 fully saturated rings. The highest BCUT2D eigenvalue weighted by molar-refractivity contribution is 5.95. The minimum absolute atomic E-state index is 0.169. The van der Waals surface area contributed by atoms with Crippen LogP contribution in [0.2, 0.25) is 0 Å². The van der Waals surface area contributed by atoms with Crippen LogP contribution < -0.4 is 5.56 Å². The van der Waals surface area contributed by atoms with Crippen LogP contribution in [-0.4, -0.2) is 37.1 Å². The summed E-state index contributed by atoms with van der Waals surface area (Å²) >= 11 is 0. The zero-order valence-electron chi connectivity index (χ0n) is 14.6. The van der Waals surface area contributed by atoms with E-state index in [9.17, 15) is 9.59 Å². The molecular weight excluding hydrogens is 306 g/mol. The van der Waals surface area contributed by atoms with Crippen LogP contribution in [0.5, 0.6) is 0 Å². The van der Waals surface area contributed by atoms with E-state index in [0.717, 1.165) is 29.9 Å². The summed E-state index contributed by atoms with van der Waals surface area (Å²) < 4.78 is 1.64. The lowest BCUT2D eigenvalue weighted by atomic mass is 10.1. The van der Waals surface area contributed by atoms with E-state index in [1.54, 1.807) is 9.47 Å². The normalized spacial score (nSPS) is 17.5. The van der Waals surface area contributed by atoms with Gasteiger partial charge in [0.2, 0.25) is 0 Å². The average Bonchev–Trinajstić information content (AvgIpc) is 3.15. The molecule has 1 aliphatic rings. The van der Waals surface area contributed by atoms with E-state index in [2.05, 4.69) is 15.2 Å². The first-order valence-electron chi connectivity index (χ1n) is 8.35. The van der Waals surface area contributed by atoms with Crippen molar-refractivity contribution in [2.24, 2.45) is 0 Å². The van der Waals surface area contributed by atoms with Gasteiger partial charge in [-0.2, -0.15) is 5.10 Å². The van der Waals surface area contributed by atoms with Crippen molar-refractivity contribution in [1.29, 1.82) is 0 Å². The Hall–Kier alpha value is -2.44. The average molecular weight is 329 g/mol. The summed E-state index contributed by atoms with van der Waals surface area (Å²) in [6, 6.07) is 1.73. The molecule has 1 aliphatic heterocycles. The first-order chi connectivity index (χ1) is 11.4. The number of nitrogens with zero attached hydrogens (tertiary/aromatic N) is 4. The van der Waals surface area contributed by atoms with Gasteiger partial charge in [0.1, 0.15) is 11.4 Å². The fourth-order valence-corrected chi connectivity index (χ4v) is 3.51. The Bertz CT molecular complexity index is 836. The first-order valence-corrected chi connectivity index (χ1v) is 8.35. The van der Waals surface area contributed by atoms with Gasteiger partial charge in [-0.25, -0.2) is 4.98 Å². The molecule has 0 radical (unpaired) electrons. The summed E-state index contributed by atoms with van der Waals surface area (Å²) in [6.07, 6.45) is 1.70. The SMILES string of the molecule is CCn1c(C)cc(C)c(C(=O)N2CCCC2c2n[nH]c(C)n2)c1=O. The van der Waals surface area contributed by atoms with Gasteiger partial charge in [-0.1, -0.05) is 0 Å². The Morgan fingerprint density at radius 2 is 2.12 bits per heavy atom. The Morgan fingerprint density at radius 3 is 2.75 bits per heavy atom. The number of rotatable bonds is 3. The van der Waals surface area contributed by atoms with E-state index in [0.29, 0.717) is 18.9 Å². The van der Waals surface area contributed by atoms with E-state index in [1.807, 2.05) is 33.8 Å². The number of nitrogens with one attached hydrogen (secondary N) is 1. The second kappa shape index (κ2) is 6.22. The van der Waals surface area contributed by atoms with Gasteiger partial charge in [0.15, 0.2) is 5.82 Å².